The van der Waals surface area contributed by atoms with Crippen LogP contribution >= 0.6 is 0 Å². The van der Waals surface area contributed by atoms with Gasteiger partial charge in [-0.1, -0.05) is 18.2 Å². The summed E-state index contributed by atoms with van der Waals surface area (Å²) in [7, 11) is 0. The van der Waals surface area contributed by atoms with Crippen LogP contribution in [0.1, 0.15) is 25.3 Å². The third-order valence-corrected chi connectivity index (χ3v) is 4.43. The molecule has 2 aromatic rings. The Labute approximate surface area is 156 Å². The fourth-order valence-corrected chi connectivity index (χ4v) is 2.76. The first-order valence-electron chi connectivity index (χ1n) is 8.61. The smallest absolute Gasteiger partial charge is 0.240 e. The van der Waals surface area contributed by atoms with Crippen LogP contribution in [-0.4, -0.2) is 17.7 Å². The van der Waals surface area contributed by atoms with Gasteiger partial charge in [0.25, 0.3) is 0 Å². The zero-order valence-electron chi connectivity index (χ0n) is 14.8. The second-order valence-corrected chi connectivity index (χ2v) is 6.61. The van der Waals surface area contributed by atoms with Crippen LogP contribution in [0.2, 0.25) is 0 Å². The lowest BCUT2D eigenvalue weighted by atomic mass is 10.0. The van der Waals surface area contributed by atoms with Gasteiger partial charge >= 0.3 is 0 Å². The molecule has 0 unspecified atom stereocenters. The molecule has 0 bridgehead atoms. The number of amides is 3. The van der Waals surface area contributed by atoms with Gasteiger partial charge in [0.15, 0.2) is 0 Å². The van der Waals surface area contributed by atoms with Crippen LogP contribution < -0.4 is 16.0 Å². The molecule has 1 saturated carbocycles. The quantitative estimate of drug-likeness (QED) is 0.684. The molecule has 3 N–H and O–H groups in total. The van der Waals surface area contributed by atoms with Gasteiger partial charge in [0, 0.05) is 24.8 Å². The first-order valence-corrected chi connectivity index (χ1v) is 8.61. The van der Waals surface area contributed by atoms with Gasteiger partial charge in [0.2, 0.25) is 17.7 Å². The van der Waals surface area contributed by atoms with E-state index in [0.29, 0.717) is 24.2 Å². The number of carbonyl (C=O) groups excluding carboxylic acids is 3. The topological polar surface area (TPSA) is 87.3 Å². The summed E-state index contributed by atoms with van der Waals surface area (Å²) in [4.78, 5) is 36.3. The third kappa shape index (κ3) is 4.49. The van der Waals surface area contributed by atoms with Gasteiger partial charge < -0.3 is 16.0 Å². The lowest BCUT2D eigenvalue weighted by Crippen LogP contribution is -2.39. The van der Waals surface area contributed by atoms with E-state index in [1.54, 1.807) is 36.4 Å². The minimum absolute atomic E-state index is 0.211. The lowest BCUT2D eigenvalue weighted by molar-refractivity contribution is -0.134. The Kier molecular flexibility index (Phi) is 5.21. The molecule has 0 radical (unpaired) electrons. The standard InChI is InChI=1S/C20H20FN3O3/c1-13(25)23-16-3-2-4-17(11-16)24-19(27)20(9-10-20)18(26)22-12-14-5-7-15(21)8-6-14/h2-8,11H,9-10,12H2,1H3,(H,22,26)(H,23,25)(H,24,27). The molecule has 0 aliphatic heterocycles. The molecule has 27 heavy (non-hydrogen) atoms. The monoisotopic (exact) mass is 369 g/mol. The number of carbonyl (C=O) groups is 3. The van der Waals surface area contributed by atoms with Crippen molar-refractivity contribution in [2.75, 3.05) is 10.6 Å². The van der Waals surface area contributed by atoms with Crippen LogP contribution in [0.5, 0.6) is 0 Å². The number of anilines is 2. The van der Waals surface area contributed by atoms with E-state index in [1.165, 1.54) is 19.1 Å². The van der Waals surface area contributed by atoms with Crippen molar-refractivity contribution in [1.82, 2.24) is 5.32 Å². The van der Waals surface area contributed by atoms with E-state index in [1.807, 2.05) is 0 Å². The Morgan fingerprint density at radius 2 is 1.59 bits per heavy atom. The van der Waals surface area contributed by atoms with E-state index in [4.69, 9.17) is 0 Å². The second kappa shape index (κ2) is 7.57. The molecule has 0 heterocycles. The molecule has 1 fully saturated rings. The van der Waals surface area contributed by atoms with E-state index in [-0.39, 0.29) is 30.1 Å². The van der Waals surface area contributed by atoms with Gasteiger partial charge in [-0.15, -0.1) is 0 Å². The highest BCUT2D eigenvalue weighted by molar-refractivity contribution is 6.13. The Morgan fingerprint density at radius 3 is 2.19 bits per heavy atom. The van der Waals surface area contributed by atoms with Gasteiger partial charge in [-0.25, -0.2) is 4.39 Å². The summed E-state index contributed by atoms with van der Waals surface area (Å²) in [6.45, 7) is 1.63. The molecular formula is C20H20FN3O3. The van der Waals surface area contributed by atoms with Crippen molar-refractivity contribution in [3.05, 3.63) is 59.9 Å². The molecule has 1 aliphatic carbocycles. The maximum absolute atomic E-state index is 12.9. The fourth-order valence-electron chi connectivity index (χ4n) is 2.76. The molecule has 2 aromatic carbocycles. The van der Waals surface area contributed by atoms with Crippen molar-refractivity contribution in [3.8, 4) is 0 Å². The van der Waals surface area contributed by atoms with Crippen LogP contribution in [0.3, 0.4) is 0 Å². The van der Waals surface area contributed by atoms with E-state index in [0.717, 1.165) is 5.56 Å². The summed E-state index contributed by atoms with van der Waals surface area (Å²) in [6, 6.07) is 12.5. The molecule has 0 atom stereocenters. The van der Waals surface area contributed by atoms with Crippen molar-refractivity contribution in [2.24, 2.45) is 5.41 Å². The zero-order valence-corrected chi connectivity index (χ0v) is 14.8. The lowest BCUT2D eigenvalue weighted by Gasteiger charge is -2.16. The van der Waals surface area contributed by atoms with Crippen molar-refractivity contribution in [2.45, 2.75) is 26.3 Å². The van der Waals surface area contributed by atoms with Crippen molar-refractivity contribution in [1.29, 1.82) is 0 Å². The van der Waals surface area contributed by atoms with Gasteiger partial charge in [0.05, 0.1) is 0 Å². The number of rotatable bonds is 6. The normalized spacial score (nSPS) is 14.1. The van der Waals surface area contributed by atoms with Crippen LogP contribution in [-0.2, 0) is 20.9 Å². The Morgan fingerprint density at radius 1 is 0.963 bits per heavy atom. The molecule has 1 aliphatic rings. The third-order valence-electron chi connectivity index (χ3n) is 4.43. The van der Waals surface area contributed by atoms with Crippen molar-refractivity contribution >= 4 is 29.1 Å². The van der Waals surface area contributed by atoms with Gasteiger partial charge in [-0.05, 0) is 48.7 Å². The highest BCUT2D eigenvalue weighted by Gasteiger charge is 2.56. The van der Waals surface area contributed by atoms with Crippen molar-refractivity contribution < 1.29 is 18.8 Å². The van der Waals surface area contributed by atoms with E-state index >= 15 is 0 Å². The molecule has 140 valence electrons. The molecule has 0 spiro atoms. The van der Waals surface area contributed by atoms with Gasteiger partial charge in [-0.2, -0.15) is 0 Å². The summed E-state index contributed by atoms with van der Waals surface area (Å²) < 4.78 is 12.9. The predicted octanol–water partition coefficient (Wildman–Crippen LogP) is 2.82. The van der Waals surface area contributed by atoms with E-state index in [9.17, 15) is 18.8 Å². The first-order chi connectivity index (χ1) is 12.9. The molecule has 6 nitrogen and oxygen atoms in total. The van der Waals surface area contributed by atoms with Crippen LogP contribution in [0.4, 0.5) is 15.8 Å². The fraction of sp³-hybridized carbons (Fsp3) is 0.250. The minimum atomic E-state index is -1.08. The van der Waals surface area contributed by atoms with E-state index < -0.39 is 5.41 Å². The largest absolute Gasteiger partial charge is 0.351 e. The van der Waals surface area contributed by atoms with Crippen LogP contribution in [0, 0.1) is 11.2 Å². The molecule has 0 saturated heterocycles. The highest BCUT2D eigenvalue weighted by Crippen LogP contribution is 2.47. The number of hydrogen-bond acceptors (Lipinski definition) is 3. The Balaban J connectivity index is 1.61. The Hall–Kier alpha value is -3.22. The average molecular weight is 369 g/mol. The molecule has 7 heteroatoms. The number of halogens is 1. The SMILES string of the molecule is CC(=O)Nc1cccc(NC(=O)C2(C(=O)NCc3ccc(F)cc3)CC2)c1. The number of nitrogens with one attached hydrogen (secondary N) is 3. The highest BCUT2D eigenvalue weighted by atomic mass is 19.1. The summed E-state index contributed by atoms with van der Waals surface area (Å²) >= 11 is 0. The minimum Gasteiger partial charge on any atom is -0.351 e. The second-order valence-electron chi connectivity index (χ2n) is 6.61. The van der Waals surface area contributed by atoms with Gasteiger partial charge in [-0.3, -0.25) is 14.4 Å². The van der Waals surface area contributed by atoms with E-state index in [2.05, 4.69) is 16.0 Å². The number of hydrogen-bond donors (Lipinski definition) is 3. The molecule has 3 rings (SSSR count). The van der Waals surface area contributed by atoms with Crippen LogP contribution in [0.25, 0.3) is 0 Å². The summed E-state index contributed by atoms with van der Waals surface area (Å²) in [5.74, 6) is -1.27. The summed E-state index contributed by atoms with van der Waals surface area (Å²) in [6.07, 6.45) is 0.943. The molecular weight excluding hydrogens is 349 g/mol. The maximum Gasteiger partial charge on any atom is 0.240 e. The first kappa shape index (κ1) is 18.6. The summed E-state index contributed by atoms with van der Waals surface area (Å²) in [5, 5.41) is 8.13. The summed E-state index contributed by atoms with van der Waals surface area (Å²) in [5.41, 5.74) is 0.739. The molecule has 0 aromatic heterocycles. The average Bonchev–Trinajstić information content (AvgIpc) is 3.43. The van der Waals surface area contributed by atoms with Gasteiger partial charge in [0.1, 0.15) is 11.2 Å². The zero-order chi connectivity index (χ0) is 19.4. The number of benzene rings is 2. The Bertz CT molecular complexity index is 876. The van der Waals surface area contributed by atoms with Crippen molar-refractivity contribution in [3.63, 3.8) is 0 Å². The predicted molar refractivity (Wildman–Crippen MR) is 99.3 cm³/mol. The molecule has 3 amide bonds. The maximum atomic E-state index is 12.9. The van der Waals surface area contributed by atoms with Crippen LogP contribution in [0.15, 0.2) is 48.5 Å².